The van der Waals surface area contributed by atoms with Crippen LogP contribution in [0.5, 0.6) is 0 Å². The second-order valence-electron chi connectivity index (χ2n) is 6.23. The zero-order valence-corrected chi connectivity index (χ0v) is 11.8. The molecule has 0 bridgehead atoms. The van der Waals surface area contributed by atoms with Gasteiger partial charge in [0.25, 0.3) is 0 Å². The van der Waals surface area contributed by atoms with Crippen LogP contribution in [-0.4, -0.2) is 56.5 Å². The van der Waals surface area contributed by atoms with E-state index in [1.165, 1.54) is 0 Å². The Morgan fingerprint density at radius 3 is 2.53 bits per heavy atom. The van der Waals surface area contributed by atoms with Gasteiger partial charge in [-0.05, 0) is 6.42 Å². The Labute approximate surface area is 112 Å². The van der Waals surface area contributed by atoms with Gasteiger partial charge in [0.05, 0.1) is 12.0 Å². The molecule has 0 spiro atoms. The molecule has 2 aliphatic rings. The van der Waals surface area contributed by atoms with Gasteiger partial charge >= 0.3 is 6.18 Å². The molecule has 1 heterocycles. The van der Waals surface area contributed by atoms with E-state index in [1.807, 2.05) is 4.90 Å². The molecule has 1 aliphatic carbocycles. The summed E-state index contributed by atoms with van der Waals surface area (Å²) in [6, 6.07) is 0.183. The predicted molar refractivity (Wildman–Crippen MR) is 67.0 cm³/mol. The summed E-state index contributed by atoms with van der Waals surface area (Å²) in [5.41, 5.74) is -0.0742. The van der Waals surface area contributed by atoms with Crippen LogP contribution in [-0.2, 0) is 4.74 Å². The van der Waals surface area contributed by atoms with E-state index in [0.29, 0.717) is 13.1 Å². The van der Waals surface area contributed by atoms with E-state index in [9.17, 15) is 13.2 Å². The highest BCUT2D eigenvalue weighted by Crippen LogP contribution is 2.46. The smallest absolute Gasteiger partial charge is 0.381 e. The molecule has 1 N–H and O–H groups in total. The first-order valence-corrected chi connectivity index (χ1v) is 6.81. The van der Waals surface area contributed by atoms with Gasteiger partial charge < -0.3 is 10.1 Å². The van der Waals surface area contributed by atoms with Gasteiger partial charge in [0.15, 0.2) is 0 Å². The lowest BCUT2D eigenvalue weighted by atomic mass is 9.63. The van der Waals surface area contributed by atoms with E-state index in [-0.39, 0.29) is 30.7 Å². The lowest BCUT2D eigenvalue weighted by Crippen LogP contribution is -2.63. The number of methoxy groups -OCH3 is 1. The Kier molecular flexibility index (Phi) is 4.14. The molecule has 1 saturated carbocycles. The maximum atomic E-state index is 12.9. The van der Waals surface area contributed by atoms with Crippen LogP contribution in [0.1, 0.15) is 20.3 Å². The maximum Gasteiger partial charge on any atom is 0.394 e. The molecule has 0 aromatic heterocycles. The zero-order chi connectivity index (χ0) is 14.3. The number of alkyl halides is 3. The summed E-state index contributed by atoms with van der Waals surface area (Å²) in [6.45, 7) is 5.59. The van der Waals surface area contributed by atoms with Crippen LogP contribution in [0.25, 0.3) is 0 Å². The molecule has 0 aromatic rings. The van der Waals surface area contributed by atoms with E-state index in [0.717, 1.165) is 6.42 Å². The highest BCUT2D eigenvalue weighted by molar-refractivity contribution is 5.04. The van der Waals surface area contributed by atoms with Crippen LogP contribution < -0.4 is 5.32 Å². The molecule has 3 unspecified atom stereocenters. The fourth-order valence-electron chi connectivity index (χ4n) is 3.32. The number of hydrogen-bond donors (Lipinski definition) is 1. The van der Waals surface area contributed by atoms with Crippen LogP contribution >= 0.6 is 0 Å². The number of hydrogen-bond acceptors (Lipinski definition) is 3. The molecular weight excluding hydrogens is 257 g/mol. The van der Waals surface area contributed by atoms with Crippen LogP contribution in [0.3, 0.4) is 0 Å². The van der Waals surface area contributed by atoms with E-state index >= 15 is 0 Å². The first kappa shape index (κ1) is 15.1. The Bertz CT molecular complexity index is 320. The summed E-state index contributed by atoms with van der Waals surface area (Å²) in [5, 5.41) is 2.90. The summed E-state index contributed by atoms with van der Waals surface area (Å²) >= 11 is 0. The largest absolute Gasteiger partial charge is 0.394 e. The van der Waals surface area contributed by atoms with Crippen molar-refractivity contribution in [1.29, 1.82) is 0 Å². The normalized spacial score (nSPS) is 36.6. The van der Waals surface area contributed by atoms with Crippen molar-refractivity contribution in [1.82, 2.24) is 10.2 Å². The topological polar surface area (TPSA) is 24.5 Å². The minimum absolute atomic E-state index is 0.0286. The SMILES string of the molecule is COC1CC(N2CCNCC(C(F)(F)F)C2)C1(C)C. The van der Waals surface area contributed by atoms with Crippen LogP contribution in [0.15, 0.2) is 0 Å². The third-order valence-corrected chi connectivity index (χ3v) is 4.74. The molecule has 3 atom stereocenters. The Morgan fingerprint density at radius 1 is 1.32 bits per heavy atom. The fraction of sp³-hybridized carbons (Fsp3) is 1.00. The summed E-state index contributed by atoms with van der Waals surface area (Å²) < 4.78 is 44.2. The number of ether oxygens (including phenoxy) is 1. The average Bonchev–Trinajstić information content (AvgIpc) is 2.53. The first-order chi connectivity index (χ1) is 8.76. The molecule has 0 aromatic carbocycles. The minimum atomic E-state index is -4.12. The molecule has 1 aliphatic heterocycles. The molecule has 0 amide bonds. The Balaban J connectivity index is 2.04. The van der Waals surface area contributed by atoms with Crippen LogP contribution in [0.4, 0.5) is 13.2 Å². The van der Waals surface area contributed by atoms with Gasteiger partial charge in [-0.1, -0.05) is 13.8 Å². The van der Waals surface area contributed by atoms with Crippen molar-refractivity contribution < 1.29 is 17.9 Å². The van der Waals surface area contributed by atoms with Crippen molar-refractivity contribution in [3.05, 3.63) is 0 Å². The van der Waals surface area contributed by atoms with E-state index < -0.39 is 12.1 Å². The molecule has 2 rings (SSSR count). The number of nitrogens with zero attached hydrogens (tertiary/aromatic N) is 1. The summed E-state index contributed by atoms with van der Waals surface area (Å²) in [7, 11) is 1.67. The van der Waals surface area contributed by atoms with Crippen molar-refractivity contribution in [2.24, 2.45) is 11.3 Å². The second-order valence-corrected chi connectivity index (χ2v) is 6.23. The summed E-state index contributed by atoms with van der Waals surface area (Å²) in [4.78, 5) is 1.99. The number of rotatable bonds is 2. The fourth-order valence-corrected chi connectivity index (χ4v) is 3.32. The van der Waals surface area contributed by atoms with Gasteiger partial charge in [-0.2, -0.15) is 13.2 Å². The molecule has 19 heavy (non-hydrogen) atoms. The molecule has 6 heteroatoms. The van der Waals surface area contributed by atoms with Crippen LogP contribution in [0, 0.1) is 11.3 Å². The number of halogens is 3. The standard InChI is InChI=1S/C13H23F3N2O/c1-12(2)10(6-11(12)19-3)18-5-4-17-7-9(8-18)13(14,15)16/h9-11,17H,4-8H2,1-3H3. The molecule has 3 nitrogen and oxygen atoms in total. The van der Waals surface area contributed by atoms with Crippen molar-refractivity contribution in [2.45, 2.75) is 38.6 Å². The molecule has 2 fully saturated rings. The quantitative estimate of drug-likeness (QED) is 0.836. The predicted octanol–water partition coefficient (Wildman–Crippen LogP) is 1.88. The Hall–Kier alpha value is -0.330. The number of nitrogens with one attached hydrogen (secondary N) is 1. The Morgan fingerprint density at radius 2 is 2.00 bits per heavy atom. The van der Waals surface area contributed by atoms with Crippen molar-refractivity contribution in [3.63, 3.8) is 0 Å². The van der Waals surface area contributed by atoms with Gasteiger partial charge in [0.2, 0.25) is 0 Å². The monoisotopic (exact) mass is 280 g/mol. The van der Waals surface area contributed by atoms with Gasteiger partial charge in [-0.15, -0.1) is 0 Å². The summed E-state index contributed by atoms with van der Waals surface area (Å²) in [6.07, 6.45) is -3.14. The minimum Gasteiger partial charge on any atom is -0.381 e. The van der Waals surface area contributed by atoms with Crippen molar-refractivity contribution >= 4 is 0 Å². The van der Waals surface area contributed by atoms with E-state index in [1.54, 1.807) is 7.11 Å². The van der Waals surface area contributed by atoms with Crippen molar-refractivity contribution in [2.75, 3.05) is 33.3 Å². The maximum absolute atomic E-state index is 12.9. The molecule has 0 radical (unpaired) electrons. The molecule has 112 valence electrons. The van der Waals surface area contributed by atoms with E-state index in [2.05, 4.69) is 19.2 Å². The third kappa shape index (κ3) is 2.90. The lowest BCUT2D eigenvalue weighted by molar-refractivity contribution is -0.188. The van der Waals surface area contributed by atoms with Gasteiger partial charge in [0.1, 0.15) is 0 Å². The molecule has 1 saturated heterocycles. The van der Waals surface area contributed by atoms with Crippen LogP contribution in [0.2, 0.25) is 0 Å². The highest BCUT2D eigenvalue weighted by atomic mass is 19.4. The zero-order valence-electron chi connectivity index (χ0n) is 11.8. The van der Waals surface area contributed by atoms with E-state index in [4.69, 9.17) is 4.74 Å². The van der Waals surface area contributed by atoms with Gasteiger partial charge in [-0.3, -0.25) is 4.90 Å². The van der Waals surface area contributed by atoms with Crippen molar-refractivity contribution in [3.8, 4) is 0 Å². The summed E-state index contributed by atoms with van der Waals surface area (Å²) in [5.74, 6) is -1.27. The van der Waals surface area contributed by atoms with Gasteiger partial charge in [0, 0.05) is 44.7 Å². The average molecular weight is 280 g/mol. The second kappa shape index (κ2) is 5.22. The van der Waals surface area contributed by atoms with Gasteiger partial charge in [-0.25, -0.2) is 0 Å². The lowest BCUT2D eigenvalue weighted by Gasteiger charge is -2.55. The molecular formula is C13H23F3N2O. The third-order valence-electron chi connectivity index (χ3n) is 4.74. The first-order valence-electron chi connectivity index (χ1n) is 6.81. The highest BCUT2D eigenvalue weighted by Gasteiger charge is 2.52.